The minimum absolute atomic E-state index is 0.106. The van der Waals surface area contributed by atoms with Gasteiger partial charge in [0, 0.05) is 23.5 Å². The first kappa shape index (κ1) is 16.7. The molecule has 118 valence electrons. The van der Waals surface area contributed by atoms with Crippen molar-refractivity contribution in [1.82, 2.24) is 10.2 Å². The second-order valence-corrected chi connectivity index (χ2v) is 6.37. The smallest absolute Gasteiger partial charge is 0.261 e. The van der Waals surface area contributed by atoms with Gasteiger partial charge in [0.15, 0.2) is 0 Å². The largest absolute Gasteiger partial charge is 0.354 e. The van der Waals surface area contributed by atoms with E-state index in [1.807, 2.05) is 6.92 Å². The molecule has 1 aromatic carbocycles. The number of imide groups is 1. The fraction of sp³-hybridized carbons (Fsp3) is 0.438. The molecule has 1 unspecified atom stereocenters. The van der Waals surface area contributed by atoms with Crippen LogP contribution in [0.1, 0.15) is 53.8 Å². The molecule has 0 aromatic heterocycles. The lowest BCUT2D eigenvalue weighted by atomic mass is 10.1. The average molecular weight is 367 g/mol. The molecule has 1 heterocycles. The van der Waals surface area contributed by atoms with Gasteiger partial charge >= 0.3 is 0 Å². The van der Waals surface area contributed by atoms with Crippen LogP contribution in [0.4, 0.5) is 0 Å². The molecule has 0 saturated heterocycles. The molecule has 1 N–H and O–H groups in total. The predicted octanol–water partition coefficient (Wildman–Crippen LogP) is 2.74. The molecule has 6 heteroatoms. The van der Waals surface area contributed by atoms with Gasteiger partial charge in [0.2, 0.25) is 5.91 Å². The third-order valence-electron chi connectivity index (χ3n) is 3.62. The summed E-state index contributed by atoms with van der Waals surface area (Å²) in [5.41, 5.74) is 0.784. The maximum Gasteiger partial charge on any atom is 0.261 e. The van der Waals surface area contributed by atoms with Gasteiger partial charge in [-0.1, -0.05) is 29.3 Å². The summed E-state index contributed by atoms with van der Waals surface area (Å²) in [7, 11) is 0. The molecule has 2 rings (SSSR count). The first-order valence-electron chi connectivity index (χ1n) is 7.39. The molecular weight excluding hydrogens is 348 g/mol. The summed E-state index contributed by atoms with van der Waals surface area (Å²) in [6.45, 7) is 4.11. The Morgan fingerprint density at radius 3 is 2.64 bits per heavy atom. The van der Waals surface area contributed by atoms with Gasteiger partial charge in [-0.25, -0.2) is 0 Å². The summed E-state index contributed by atoms with van der Waals surface area (Å²) in [6.07, 6.45) is 2.03. The zero-order chi connectivity index (χ0) is 16.3. The van der Waals surface area contributed by atoms with E-state index in [1.165, 1.54) is 0 Å². The van der Waals surface area contributed by atoms with Crippen LogP contribution in [0.15, 0.2) is 22.7 Å². The van der Waals surface area contributed by atoms with E-state index in [0.717, 1.165) is 22.2 Å². The molecule has 0 fully saturated rings. The summed E-state index contributed by atoms with van der Waals surface area (Å²) in [5.74, 6) is -0.809. The Hall–Kier alpha value is -1.69. The van der Waals surface area contributed by atoms with Crippen molar-refractivity contribution in [2.75, 3.05) is 6.54 Å². The zero-order valence-corrected chi connectivity index (χ0v) is 14.3. The van der Waals surface area contributed by atoms with Crippen LogP contribution in [0.5, 0.6) is 0 Å². The fourth-order valence-electron chi connectivity index (χ4n) is 2.53. The summed E-state index contributed by atoms with van der Waals surface area (Å²) in [4.78, 5) is 37.5. The Kier molecular flexibility index (Phi) is 5.34. The van der Waals surface area contributed by atoms with Crippen molar-refractivity contribution in [2.24, 2.45) is 0 Å². The predicted molar refractivity (Wildman–Crippen MR) is 86.6 cm³/mol. The highest BCUT2D eigenvalue weighted by Gasteiger charge is 2.35. The van der Waals surface area contributed by atoms with Crippen molar-refractivity contribution in [2.45, 2.75) is 39.2 Å². The minimum Gasteiger partial charge on any atom is -0.354 e. The number of fused-ring (bicyclic) bond motifs is 1. The van der Waals surface area contributed by atoms with E-state index in [1.54, 1.807) is 18.2 Å². The highest BCUT2D eigenvalue weighted by atomic mass is 79.9. The van der Waals surface area contributed by atoms with E-state index >= 15 is 0 Å². The van der Waals surface area contributed by atoms with Crippen molar-refractivity contribution in [3.05, 3.63) is 33.8 Å². The maximum atomic E-state index is 12.2. The van der Waals surface area contributed by atoms with Crippen LogP contribution in [0.2, 0.25) is 0 Å². The topological polar surface area (TPSA) is 66.5 Å². The molecule has 3 amide bonds. The van der Waals surface area contributed by atoms with Crippen LogP contribution in [0, 0.1) is 0 Å². The van der Waals surface area contributed by atoms with Crippen molar-refractivity contribution in [1.29, 1.82) is 0 Å². The summed E-state index contributed by atoms with van der Waals surface area (Å²) >= 11 is 3.29. The molecule has 0 bridgehead atoms. The summed E-state index contributed by atoms with van der Waals surface area (Å²) in [5, 5.41) is 2.87. The average Bonchev–Trinajstić information content (AvgIpc) is 2.68. The van der Waals surface area contributed by atoms with Gasteiger partial charge in [-0.3, -0.25) is 19.3 Å². The molecule has 1 aliphatic rings. The van der Waals surface area contributed by atoms with E-state index in [4.69, 9.17) is 0 Å². The summed E-state index contributed by atoms with van der Waals surface area (Å²) in [6, 6.07) is 5.10. The van der Waals surface area contributed by atoms with Crippen molar-refractivity contribution in [3.63, 3.8) is 0 Å². The molecule has 0 spiro atoms. The lowest BCUT2D eigenvalue weighted by Crippen LogP contribution is -2.37. The van der Waals surface area contributed by atoms with Gasteiger partial charge in [-0.05, 0) is 31.5 Å². The fourth-order valence-corrected chi connectivity index (χ4v) is 2.89. The van der Waals surface area contributed by atoms with Gasteiger partial charge in [-0.2, -0.15) is 0 Å². The Morgan fingerprint density at radius 1 is 1.27 bits per heavy atom. The van der Waals surface area contributed by atoms with Gasteiger partial charge in [0.05, 0.1) is 11.1 Å². The zero-order valence-electron chi connectivity index (χ0n) is 12.7. The Bertz CT molecular complexity index is 615. The number of carbonyl (C=O) groups is 3. The van der Waals surface area contributed by atoms with Crippen molar-refractivity contribution >= 4 is 33.7 Å². The number of amides is 3. The van der Waals surface area contributed by atoms with E-state index in [0.29, 0.717) is 11.1 Å². The van der Waals surface area contributed by atoms with Crippen LogP contribution in [-0.4, -0.2) is 35.2 Å². The minimum atomic E-state index is -0.337. The van der Waals surface area contributed by atoms with Crippen LogP contribution < -0.4 is 5.32 Å². The molecule has 0 saturated carbocycles. The number of hydrogen-bond acceptors (Lipinski definition) is 3. The number of rotatable bonds is 6. The van der Waals surface area contributed by atoms with Crippen molar-refractivity contribution < 1.29 is 14.4 Å². The number of nitrogens with zero attached hydrogens (tertiary/aromatic N) is 1. The van der Waals surface area contributed by atoms with Crippen LogP contribution in [0.3, 0.4) is 0 Å². The summed E-state index contributed by atoms with van der Waals surface area (Å²) < 4.78 is 0.750. The first-order valence-corrected chi connectivity index (χ1v) is 8.18. The maximum absolute atomic E-state index is 12.2. The number of carbonyl (C=O) groups excluding carboxylic acids is 3. The number of benzene rings is 1. The standard InChI is InChI=1S/C16H19BrN2O3/c1-3-4-10(2)18-14(20)7-8-19-15(21)12-6-5-11(17)9-13(12)16(19)22/h5-6,9-10H,3-4,7-8H2,1-2H3,(H,18,20). The quantitative estimate of drug-likeness (QED) is 0.787. The normalized spacial score (nSPS) is 15.0. The molecular formula is C16H19BrN2O3. The monoisotopic (exact) mass is 366 g/mol. The number of halogens is 1. The highest BCUT2D eigenvalue weighted by molar-refractivity contribution is 9.10. The van der Waals surface area contributed by atoms with E-state index < -0.39 is 0 Å². The Morgan fingerprint density at radius 2 is 1.95 bits per heavy atom. The van der Waals surface area contributed by atoms with Gasteiger partial charge in [-0.15, -0.1) is 0 Å². The molecule has 0 aliphatic carbocycles. The Labute approximate surface area is 138 Å². The third-order valence-corrected chi connectivity index (χ3v) is 4.12. The van der Waals surface area contributed by atoms with E-state index in [2.05, 4.69) is 28.2 Å². The second-order valence-electron chi connectivity index (χ2n) is 5.46. The van der Waals surface area contributed by atoms with Crippen molar-refractivity contribution in [3.8, 4) is 0 Å². The molecule has 0 radical (unpaired) electrons. The SMILES string of the molecule is CCCC(C)NC(=O)CCN1C(=O)c2ccc(Br)cc2C1=O. The van der Waals surface area contributed by atoms with Crippen LogP contribution in [0.25, 0.3) is 0 Å². The lowest BCUT2D eigenvalue weighted by molar-refractivity contribution is -0.121. The second kappa shape index (κ2) is 7.05. The van der Waals surface area contributed by atoms with Gasteiger partial charge in [0.25, 0.3) is 11.8 Å². The molecule has 1 aliphatic heterocycles. The van der Waals surface area contributed by atoms with Gasteiger partial charge in [0.1, 0.15) is 0 Å². The van der Waals surface area contributed by atoms with Crippen LogP contribution in [-0.2, 0) is 4.79 Å². The molecule has 1 aromatic rings. The highest BCUT2D eigenvalue weighted by Crippen LogP contribution is 2.26. The van der Waals surface area contributed by atoms with E-state index in [-0.39, 0.29) is 36.7 Å². The third kappa shape index (κ3) is 3.55. The lowest BCUT2D eigenvalue weighted by Gasteiger charge is -2.16. The van der Waals surface area contributed by atoms with Crippen LogP contribution >= 0.6 is 15.9 Å². The number of hydrogen-bond donors (Lipinski definition) is 1. The first-order chi connectivity index (χ1) is 10.4. The molecule has 5 nitrogen and oxygen atoms in total. The molecule has 22 heavy (non-hydrogen) atoms. The van der Waals surface area contributed by atoms with Gasteiger partial charge < -0.3 is 5.32 Å². The van der Waals surface area contributed by atoms with E-state index in [9.17, 15) is 14.4 Å². The Balaban J connectivity index is 1.96. The number of nitrogens with one attached hydrogen (secondary N) is 1. The molecule has 1 atom stereocenters.